The molecular formula is C14H19ClN2O3. The van der Waals surface area contributed by atoms with E-state index in [0.29, 0.717) is 23.0 Å². The van der Waals surface area contributed by atoms with Crippen molar-refractivity contribution in [2.75, 3.05) is 11.9 Å². The molecule has 110 valence electrons. The Bertz CT molecular complexity index is 473. The quantitative estimate of drug-likeness (QED) is 0.660. The average molecular weight is 299 g/mol. The molecule has 2 rings (SSSR count). The summed E-state index contributed by atoms with van der Waals surface area (Å²) in [5.74, 6) is -0.407. The summed E-state index contributed by atoms with van der Waals surface area (Å²) in [5.41, 5.74) is 1.03. The Morgan fingerprint density at radius 2 is 2.20 bits per heavy atom. The van der Waals surface area contributed by atoms with E-state index in [1.807, 2.05) is 0 Å². The van der Waals surface area contributed by atoms with Crippen LogP contribution >= 0.6 is 11.6 Å². The van der Waals surface area contributed by atoms with Gasteiger partial charge in [0.25, 0.3) is 0 Å². The van der Waals surface area contributed by atoms with Crippen LogP contribution in [0.2, 0.25) is 5.15 Å². The van der Waals surface area contributed by atoms with Gasteiger partial charge in [0.05, 0.1) is 18.4 Å². The van der Waals surface area contributed by atoms with E-state index >= 15 is 0 Å². The summed E-state index contributed by atoms with van der Waals surface area (Å²) < 4.78 is 5.01. The van der Waals surface area contributed by atoms with E-state index < -0.39 is 5.97 Å². The predicted octanol–water partition coefficient (Wildman–Crippen LogP) is 2.63. The first-order valence-electron chi connectivity index (χ1n) is 6.87. The molecule has 1 heterocycles. The Kier molecular flexibility index (Phi) is 5.20. The van der Waals surface area contributed by atoms with E-state index in [-0.39, 0.29) is 12.1 Å². The lowest BCUT2D eigenvalue weighted by Crippen LogP contribution is -2.29. The first-order valence-corrected chi connectivity index (χ1v) is 7.25. The summed E-state index contributed by atoms with van der Waals surface area (Å²) in [6.45, 7) is 2.08. The van der Waals surface area contributed by atoms with Gasteiger partial charge in [0, 0.05) is 12.2 Å². The maximum Gasteiger partial charge on any atom is 0.341 e. The highest BCUT2D eigenvalue weighted by molar-refractivity contribution is 6.29. The first kappa shape index (κ1) is 15.1. The molecule has 2 N–H and O–H groups in total. The van der Waals surface area contributed by atoms with Crippen LogP contribution in [-0.4, -0.2) is 34.8 Å². The van der Waals surface area contributed by atoms with Gasteiger partial charge in [0.15, 0.2) is 0 Å². The van der Waals surface area contributed by atoms with Gasteiger partial charge in [-0.15, -0.1) is 0 Å². The second-order valence-corrected chi connectivity index (χ2v) is 5.31. The van der Waals surface area contributed by atoms with Crippen LogP contribution in [-0.2, 0) is 4.74 Å². The maximum absolute atomic E-state index is 11.9. The monoisotopic (exact) mass is 298 g/mol. The molecule has 1 aliphatic carbocycles. The van der Waals surface area contributed by atoms with Gasteiger partial charge < -0.3 is 15.2 Å². The van der Waals surface area contributed by atoms with E-state index in [0.717, 1.165) is 25.7 Å². The lowest BCUT2D eigenvalue weighted by Gasteiger charge is -2.27. The smallest absolute Gasteiger partial charge is 0.341 e. The Morgan fingerprint density at radius 3 is 2.85 bits per heavy atom. The molecule has 0 aromatic carbocycles. The van der Waals surface area contributed by atoms with Crippen molar-refractivity contribution in [2.24, 2.45) is 0 Å². The van der Waals surface area contributed by atoms with Crippen LogP contribution in [0.3, 0.4) is 0 Å². The van der Waals surface area contributed by atoms with Gasteiger partial charge in [0.2, 0.25) is 0 Å². The predicted molar refractivity (Wildman–Crippen MR) is 77.1 cm³/mol. The van der Waals surface area contributed by atoms with Crippen molar-refractivity contribution >= 4 is 23.3 Å². The normalized spacial score (nSPS) is 22.4. The highest BCUT2D eigenvalue weighted by Gasteiger charge is 2.22. The molecule has 6 heteroatoms. The molecule has 0 radical (unpaired) electrons. The third-order valence-corrected chi connectivity index (χ3v) is 3.63. The molecule has 1 aromatic heterocycles. The van der Waals surface area contributed by atoms with Gasteiger partial charge >= 0.3 is 5.97 Å². The minimum Gasteiger partial charge on any atom is -0.462 e. The number of esters is 1. The first-order chi connectivity index (χ1) is 9.60. The number of nitrogens with zero attached hydrogens (tertiary/aromatic N) is 1. The van der Waals surface area contributed by atoms with Gasteiger partial charge in [-0.1, -0.05) is 11.6 Å². The average Bonchev–Trinajstić information content (AvgIpc) is 2.42. The highest BCUT2D eigenvalue weighted by Crippen LogP contribution is 2.26. The molecule has 0 atom stereocenters. The number of pyridine rings is 1. The van der Waals surface area contributed by atoms with Gasteiger partial charge in [-0.2, -0.15) is 0 Å². The second-order valence-electron chi connectivity index (χ2n) is 4.92. The minimum absolute atomic E-state index is 0.210. The molecule has 5 nitrogen and oxygen atoms in total. The molecule has 20 heavy (non-hydrogen) atoms. The maximum atomic E-state index is 11.9. The van der Waals surface area contributed by atoms with Crippen molar-refractivity contribution in [3.05, 3.63) is 23.0 Å². The zero-order valence-electron chi connectivity index (χ0n) is 11.4. The number of aromatic nitrogens is 1. The number of anilines is 1. The van der Waals surface area contributed by atoms with Crippen molar-refractivity contribution in [1.82, 2.24) is 4.98 Å². The van der Waals surface area contributed by atoms with Crippen LogP contribution in [0, 0.1) is 0 Å². The van der Waals surface area contributed by atoms with Crippen molar-refractivity contribution in [3.63, 3.8) is 0 Å². The van der Waals surface area contributed by atoms with Gasteiger partial charge in [-0.05, 0) is 38.7 Å². The number of aliphatic hydroxyl groups is 1. The van der Waals surface area contributed by atoms with Crippen LogP contribution in [0.15, 0.2) is 12.3 Å². The van der Waals surface area contributed by atoms with Crippen molar-refractivity contribution in [1.29, 1.82) is 0 Å². The Morgan fingerprint density at radius 1 is 1.50 bits per heavy atom. The number of hydrogen-bond acceptors (Lipinski definition) is 5. The van der Waals surface area contributed by atoms with E-state index in [4.69, 9.17) is 16.3 Å². The van der Waals surface area contributed by atoms with E-state index in [2.05, 4.69) is 10.3 Å². The third kappa shape index (κ3) is 3.84. The fourth-order valence-electron chi connectivity index (χ4n) is 2.36. The molecule has 0 bridgehead atoms. The summed E-state index contributed by atoms with van der Waals surface area (Å²) in [4.78, 5) is 15.8. The topological polar surface area (TPSA) is 71.5 Å². The lowest BCUT2D eigenvalue weighted by atomic mass is 9.93. The van der Waals surface area contributed by atoms with Crippen LogP contribution in [0.4, 0.5) is 5.69 Å². The largest absolute Gasteiger partial charge is 0.462 e. The van der Waals surface area contributed by atoms with Crippen LogP contribution in [0.5, 0.6) is 0 Å². The number of ether oxygens (including phenoxy) is 1. The molecule has 0 saturated heterocycles. The van der Waals surface area contributed by atoms with Crippen molar-refractivity contribution in [2.45, 2.75) is 44.8 Å². The number of rotatable bonds is 4. The second kappa shape index (κ2) is 6.90. The fraction of sp³-hybridized carbons (Fsp3) is 0.571. The molecule has 1 fully saturated rings. The minimum atomic E-state index is -0.407. The number of carbonyl (C=O) groups excluding carboxylic acids is 1. The molecule has 0 spiro atoms. The molecule has 0 amide bonds. The van der Waals surface area contributed by atoms with E-state index in [9.17, 15) is 9.90 Å². The van der Waals surface area contributed by atoms with Gasteiger partial charge in [-0.3, -0.25) is 0 Å². The van der Waals surface area contributed by atoms with Crippen LogP contribution < -0.4 is 5.32 Å². The Balaban J connectivity index is 2.12. The van der Waals surface area contributed by atoms with E-state index in [1.165, 1.54) is 6.20 Å². The van der Waals surface area contributed by atoms with Crippen molar-refractivity contribution in [3.8, 4) is 0 Å². The standard InChI is InChI=1S/C14H19ClN2O3/c1-2-20-14(19)11-8-16-13(15)7-12(11)17-9-3-5-10(18)6-4-9/h7-10,18H,2-6H2,1H3,(H,16,17). The molecule has 1 saturated carbocycles. The van der Waals surface area contributed by atoms with E-state index in [1.54, 1.807) is 13.0 Å². The molecule has 1 aromatic rings. The lowest BCUT2D eigenvalue weighted by molar-refractivity contribution is 0.0526. The zero-order chi connectivity index (χ0) is 14.5. The summed E-state index contributed by atoms with van der Waals surface area (Å²) in [6, 6.07) is 1.86. The third-order valence-electron chi connectivity index (χ3n) is 3.42. The molecule has 0 aliphatic heterocycles. The SMILES string of the molecule is CCOC(=O)c1cnc(Cl)cc1NC1CCC(O)CC1. The number of aliphatic hydroxyl groups excluding tert-OH is 1. The summed E-state index contributed by atoms with van der Waals surface area (Å²) in [6.07, 6.45) is 4.49. The molecule has 0 unspecified atom stereocenters. The Labute approximate surface area is 123 Å². The summed E-state index contributed by atoms with van der Waals surface area (Å²) in [7, 11) is 0. The van der Waals surface area contributed by atoms with Crippen molar-refractivity contribution < 1.29 is 14.6 Å². The zero-order valence-corrected chi connectivity index (χ0v) is 12.2. The summed E-state index contributed by atoms with van der Waals surface area (Å²) >= 11 is 5.90. The number of hydrogen-bond donors (Lipinski definition) is 2. The number of nitrogens with one attached hydrogen (secondary N) is 1. The number of halogens is 1. The van der Waals surface area contributed by atoms with Gasteiger partial charge in [0.1, 0.15) is 10.7 Å². The number of carbonyl (C=O) groups is 1. The fourth-order valence-corrected chi connectivity index (χ4v) is 2.52. The van der Waals surface area contributed by atoms with Gasteiger partial charge in [-0.25, -0.2) is 9.78 Å². The molecular weight excluding hydrogens is 280 g/mol. The van der Waals surface area contributed by atoms with Crippen LogP contribution in [0.25, 0.3) is 0 Å². The highest BCUT2D eigenvalue weighted by atomic mass is 35.5. The summed E-state index contributed by atoms with van der Waals surface area (Å²) in [5, 5.41) is 13.2. The molecule has 1 aliphatic rings. The Hall–Kier alpha value is -1.33. The van der Waals surface area contributed by atoms with Crippen LogP contribution in [0.1, 0.15) is 43.0 Å².